The average Bonchev–Trinajstić information content (AvgIpc) is 3.05. The number of aryl methyl sites for hydroxylation is 1. The van der Waals surface area contributed by atoms with Crippen LogP contribution >= 0.6 is 11.3 Å². The van der Waals surface area contributed by atoms with Crippen LogP contribution < -0.4 is 5.32 Å². The fourth-order valence-electron chi connectivity index (χ4n) is 2.59. The van der Waals surface area contributed by atoms with Crippen LogP contribution in [0.3, 0.4) is 0 Å². The zero-order chi connectivity index (χ0) is 15.6. The smallest absolute Gasteiger partial charge is 0.349 e. The summed E-state index contributed by atoms with van der Waals surface area (Å²) in [6, 6.07) is 0. The van der Waals surface area contributed by atoms with Gasteiger partial charge in [-0.2, -0.15) is 4.31 Å². The molecule has 0 radical (unpaired) electrons. The van der Waals surface area contributed by atoms with E-state index in [1.54, 1.807) is 12.3 Å². The van der Waals surface area contributed by atoms with Gasteiger partial charge in [0, 0.05) is 13.1 Å². The number of carbonyl (C=O) groups excluding carboxylic acids is 1. The maximum absolute atomic E-state index is 12.8. The summed E-state index contributed by atoms with van der Waals surface area (Å²) in [6.45, 7) is 3.47. The number of hydrogen-bond donors (Lipinski definition) is 1. The van der Waals surface area contributed by atoms with Crippen LogP contribution in [0, 0.1) is 12.8 Å². The first kappa shape index (κ1) is 16.4. The Morgan fingerprint density at radius 1 is 1.57 bits per heavy atom. The highest BCUT2D eigenvalue weighted by atomic mass is 32.2. The van der Waals surface area contributed by atoms with Crippen molar-refractivity contribution in [2.45, 2.75) is 18.2 Å². The molecule has 21 heavy (non-hydrogen) atoms. The van der Waals surface area contributed by atoms with Gasteiger partial charge in [0.05, 0.1) is 7.11 Å². The Hall–Kier alpha value is -0.960. The predicted octanol–water partition coefficient (Wildman–Crippen LogP) is 1.07. The predicted molar refractivity (Wildman–Crippen MR) is 81.2 cm³/mol. The van der Waals surface area contributed by atoms with Crippen LogP contribution in [0.25, 0.3) is 0 Å². The van der Waals surface area contributed by atoms with E-state index in [2.05, 4.69) is 10.1 Å². The summed E-state index contributed by atoms with van der Waals surface area (Å²) in [4.78, 5) is 12.0. The summed E-state index contributed by atoms with van der Waals surface area (Å²) in [5.74, 6) is -0.289. The van der Waals surface area contributed by atoms with Gasteiger partial charge in [0.1, 0.15) is 9.77 Å². The van der Waals surface area contributed by atoms with Gasteiger partial charge in [-0.1, -0.05) is 0 Å². The molecule has 8 heteroatoms. The molecule has 0 aliphatic carbocycles. The summed E-state index contributed by atoms with van der Waals surface area (Å²) >= 11 is 1.11. The Labute approximate surface area is 129 Å². The number of sulfonamides is 1. The molecule has 1 N–H and O–H groups in total. The van der Waals surface area contributed by atoms with E-state index >= 15 is 0 Å². The molecule has 1 aromatic rings. The number of carbonyl (C=O) groups is 1. The first-order chi connectivity index (χ1) is 9.91. The molecule has 6 nitrogen and oxygen atoms in total. The molecule has 0 aromatic carbocycles. The molecule has 1 atom stereocenters. The molecule has 1 fully saturated rings. The first-order valence-electron chi connectivity index (χ1n) is 6.73. The number of methoxy groups -OCH3 is 1. The van der Waals surface area contributed by atoms with Crippen LogP contribution in [0.2, 0.25) is 0 Å². The molecule has 0 bridgehead atoms. The molecule has 1 aliphatic rings. The second-order valence-electron chi connectivity index (χ2n) is 5.14. The zero-order valence-corrected chi connectivity index (χ0v) is 14.0. The second kappa shape index (κ2) is 6.43. The number of nitrogens with one attached hydrogen (secondary N) is 1. The lowest BCUT2D eigenvalue weighted by Gasteiger charge is -2.17. The number of ether oxygens (including phenoxy) is 1. The van der Waals surface area contributed by atoms with Crippen molar-refractivity contribution in [2.75, 3.05) is 33.8 Å². The summed E-state index contributed by atoms with van der Waals surface area (Å²) in [5.41, 5.74) is 0.595. The van der Waals surface area contributed by atoms with E-state index in [1.165, 1.54) is 11.4 Å². The Morgan fingerprint density at radius 2 is 2.29 bits per heavy atom. The lowest BCUT2D eigenvalue weighted by atomic mass is 10.1. The topological polar surface area (TPSA) is 75.7 Å². The number of rotatable bonds is 5. The van der Waals surface area contributed by atoms with Crippen molar-refractivity contribution >= 4 is 27.3 Å². The van der Waals surface area contributed by atoms with Crippen LogP contribution in [-0.2, 0) is 14.8 Å². The van der Waals surface area contributed by atoms with Crippen molar-refractivity contribution in [2.24, 2.45) is 5.92 Å². The third-order valence-electron chi connectivity index (χ3n) is 3.63. The summed E-state index contributed by atoms with van der Waals surface area (Å²) < 4.78 is 31.8. The maximum Gasteiger partial charge on any atom is 0.349 e. The monoisotopic (exact) mass is 332 g/mol. The van der Waals surface area contributed by atoms with Gasteiger partial charge in [-0.05, 0) is 43.8 Å². The largest absolute Gasteiger partial charge is 0.465 e. The van der Waals surface area contributed by atoms with Crippen molar-refractivity contribution in [1.29, 1.82) is 0 Å². The fourth-order valence-corrected chi connectivity index (χ4v) is 5.78. The van der Waals surface area contributed by atoms with Crippen LogP contribution in [-0.4, -0.2) is 52.5 Å². The number of hydrogen-bond acceptors (Lipinski definition) is 6. The Kier molecular flexibility index (Phi) is 5.03. The summed E-state index contributed by atoms with van der Waals surface area (Å²) in [6.07, 6.45) is 0.830. The standard InChI is InChI=1S/C13H20N2O4S2/c1-9-8-20-11(13(16)19-3)12(9)21(17,18)15-5-4-10(7-15)6-14-2/h8,10,14H,4-7H2,1-3H3. The highest BCUT2D eigenvalue weighted by molar-refractivity contribution is 7.89. The van der Waals surface area contributed by atoms with Crippen molar-refractivity contribution < 1.29 is 17.9 Å². The first-order valence-corrected chi connectivity index (χ1v) is 9.05. The fraction of sp³-hybridized carbons (Fsp3) is 0.615. The average molecular weight is 332 g/mol. The molecule has 0 spiro atoms. The number of esters is 1. The minimum Gasteiger partial charge on any atom is -0.465 e. The molecule has 2 heterocycles. The van der Waals surface area contributed by atoms with Gasteiger partial charge < -0.3 is 10.1 Å². The van der Waals surface area contributed by atoms with Crippen molar-refractivity contribution in [3.05, 3.63) is 15.8 Å². The van der Waals surface area contributed by atoms with Gasteiger partial charge in [-0.3, -0.25) is 0 Å². The van der Waals surface area contributed by atoms with E-state index in [4.69, 9.17) is 0 Å². The number of nitrogens with zero attached hydrogens (tertiary/aromatic N) is 1. The van der Waals surface area contributed by atoms with Crippen LogP contribution in [0.15, 0.2) is 10.3 Å². The molecule has 1 saturated heterocycles. The van der Waals surface area contributed by atoms with E-state index < -0.39 is 16.0 Å². The minimum atomic E-state index is -3.65. The van der Waals surface area contributed by atoms with E-state index in [9.17, 15) is 13.2 Å². The molecule has 0 saturated carbocycles. The lowest BCUT2D eigenvalue weighted by Crippen LogP contribution is -2.31. The Morgan fingerprint density at radius 3 is 2.90 bits per heavy atom. The van der Waals surface area contributed by atoms with Crippen LogP contribution in [0.1, 0.15) is 21.7 Å². The van der Waals surface area contributed by atoms with E-state index in [-0.39, 0.29) is 9.77 Å². The number of thiophene rings is 1. The lowest BCUT2D eigenvalue weighted by molar-refractivity contribution is 0.0602. The zero-order valence-electron chi connectivity index (χ0n) is 12.4. The maximum atomic E-state index is 12.8. The van der Waals surface area contributed by atoms with E-state index in [0.29, 0.717) is 24.6 Å². The second-order valence-corrected chi connectivity index (χ2v) is 7.90. The molecule has 1 aromatic heterocycles. The van der Waals surface area contributed by atoms with Crippen LogP contribution in [0.5, 0.6) is 0 Å². The summed E-state index contributed by atoms with van der Waals surface area (Å²) in [5, 5.41) is 4.75. The molecule has 2 rings (SSSR count). The molecular formula is C13H20N2O4S2. The SMILES string of the molecule is CNCC1CCN(S(=O)(=O)c2c(C)csc2C(=O)OC)C1. The van der Waals surface area contributed by atoms with E-state index in [0.717, 1.165) is 24.3 Å². The van der Waals surface area contributed by atoms with Gasteiger partial charge in [0.25, 0.3) is 0 Å². The molecule has 118 valence electrons. The third kappa shape index (κ3) is 3.13. The normalized spacial score (nSPS) is 19.9. The minimum absolute atomic E-state index is 0.101. The third-order valence-corrected chi connectivity index (χ3v) is 6.89. The highest BCUT2D eigenvalue weighted by Gasteiger charge is 2.36. The molecular weight excluding hydrogens is 312 g/mol. The van der Waals surface area contributed by atoms with E-state index in [1.807, 2.05) is 7.05 Å². The highest BCUT2D eigenvalue weighted by Crippen LogP contribution is 2.32. The Balaban J connectivity index is 2.33. The van der Waals surface area contributed by atoms with Gasteiger partial charge in [0.15, 0.2) is 0 Å². The van der Waals surface area contributed by atoms with Crippen molar-refractivity contribution in [1.82, 2.24) is 9.62 Å². The van der Waals surface area contributed by atoms with Crippen molar-refractivity contribution in [3.63, 3.8) is 0 Å². The van der Waals surface area contributed by atoms with Gasteiger partial charge in [-0.15, -0.1) is 11.3 Å². The molecule has 1 unspecified atom stereocenters. The van der Waals surface area contributed by atoms with Gasteiger partial charge >= 0.3 is 5.97 Å². The van der Waals surface area contributed by atoms with Gasteiger partial charge in [-0.25, -0.2) is 13.2 Å². The summed E-state index contributed by atoms with van der Waals surface area (Å²) in [7, 11) is -0.535. The molecule has 0 amide bonds. The Bertz CT molecular complexity index is 624. The molecule has 1 aliphatic heterocycles. The van der Waals surface area contributed by atoms with Gasteiger partial charge in [0.2, 0.25) is 10.0 Å². The van der Waals surface area contributed by atoms with Crippen LogP contribution in [0.4, 0.5) is 0 Å². The van der Waals surface area contributed by atoms with Crippen molar-refractivity contribution in [3.8, 4) is 0 Å². The quantitative estimate of drug-likeness (QED) is 0.817.